The number of allylic oxidation sites excluding steroid dienone is 4. The second-order valence-electron chi connectivity index (χ2n) is 6.62. The van der Waals surface area contributed by atoms with E-state index >= 15 is 0 Å². The number of pyridine rings is 2. The lowest BCUT2D eigenvalue weighted by Gasteiger charge is -2.22. The van der Waals surface area contributed by atoms with Gasteiger partial charge < -0.3 is 21.6 Å². The lowest BCUT2D eigenvalue weighted by molar-refractivity contribution is 0.438. The topological polar surface area (TPSA) is 108 Å². The first kappa shape index (κ1) is 16.5. The first-order chi connectivity index (χ1) is 12.7. The molecule has 0 unspecified atom stereocenters. The second kappa shape index (κ2) is 6.72. The summed E-state index contributed by atoms with van der Waals surface area (Å²) >= 11 is 0. The molecule has 0 aromatic carbocycles. The minimum atomic E-state index is 0.0201. The van der Waals surface area contributed by atoms with E-state index in [1.807, 2.05) is 18.2 Å². The predicted molar refractivity (Wildman–Crippen MR) is 103 cm³/mol. The van der Waals surface area contributed by atoms with E-state index in [9.17, 15) is 5.11 Å². The molecule has 3 heterocycles. The number of rotatable bonds is 2. The number of nitrogens with zero attached hydrogens (tertiary/aromatic N) is 2. The number of aliphatic hydroxyl groups is 1. The molecule has 0 radical (unpaired) electrons. The van der Waals surface area contributed by atoms with Crippen molar-refractivity contribution >= 4 is 22.3 Å². The molecule has 5 N–H and O–H groups in total. The Bertz CT molecular complexity index is 967. The summed E-state index contributed by atoms with van der Waals surface area (Å²) in [4.78, 5) is 9.44. The summed E-state index contributed by atoms with van der Waals surface area (Å²) in [6, 6.07) is 7.83. The van der Waals surface area contributed by atoms with Crippen LogP contribution in [0.5, 0.6) is 0 Å². The fourth-order valence-corrected chi connectivity index (χ4v) is 3.47. The third-order valence-corrected chi connectivity index (χ3v) is 4.94. The summed E-state index contributed by atoms with van der Waals surface area (Å²) in [5.41, 5.74) is 10.3. The van der Waals surface area contributed by atoms with Crippen LogP contribution >= 0.6 is 0 Å². The average molecular weight is 347 g/mol. The molecule has 1 saturated heterocycles. The summed E-state index contributed by atoms with van der Waals surface area (Å²) in [7, 11) is 0. The maximum absolute atomic E-state index is 10.2. The van der Waals surface area contributed by atoms with Crippen molar-refractivity contribution in [3.05, 3.63) is 65.3 Å². The zero-order valence-electron chi connectivity index (χ0n) is 14.4. The third-order valence-electron chi connectivity index (χ3n) is 4.94. The molecular weight excluding hydrogens is 326 g/mol. The molecule has 6 nitrogen and oxygen atoms in total. The number of hydrogen-bond acceptors (Lipinski definition) is 6. The molecule has 6 heteroatoms. The summed E-state index contributed by atoms with van der Waals surface area (Å²) in [5, 5.41) is 21.4. The van der Waals surface area contributed by atoms with Crippen molar-refractivity contribution in [2.75, 3.05) is 13.1 Å². The summed E-state index contributed by atoms with van der Waals surface area (Å²) in [6.45, 7) is 2.07. The lowest BCUT2D eigenvalue weighted by Crippen LogP contribution is -2.27. The maximum Gasteiger partial charge on any atom is 0.127 e. The van der Waals surface area contributed by atoms with Gasteiger partial charge in [0.2, 0.25) is 0 Å². The molecule has 4 rings (SSSR count). The van der Waals surface area contributed by atoms with Gasteiger partial charge >= 0.3 is 0 Å². The number of aliphatic hydroxyl groups excluding tert-OH is 1. The van der Waals surface area contributed by atoms with Crippen LogP contribution in [0.15, 0.2) is 53.9 Å². The van der Waals surface area contributed by atoms with Crippen LogP contribution < -0.4 is 11.1 Å². The van der Waals surface area contributed by atoms with Crippen molar-refractivity contribution in [3.63, 3.8) is 0 Å². The summed E-state index contributed by atoms with van der Waals surface area (Å²) in [5.74, 6) is 0.517. The summed E-state index contributed by atoms with van der Waals surface area (Å²) < 4.78 is 0. The van der Waals surface area contributed by atoms with Gasteiger partial charge in [0.15, 0.2) is 0 Å². The third kappa shape index (κ3) is 2.99. The molecule has 1 aliphatic heterocycles. The smallest absolute Gasteiger partial charge is 0.127 e. The Balaban J connectivity index is 1.70. The van der Waals surface area contributed by atoms with E-state index in [4.69, 9.17) is 16.1 Å². The molecule has 0 amide bonds. The van der Waals surface area contributed by atoms with Gasteiger partial charge in [0.25, 0.3) is 0 Å². The highest BCUT2D eigenvalue weighted by molar-refractivity contribution is 6.13. The Morgan fingerprint density at radius 3 is 2.58 bits per heavy atom. The van der Waals surface area contributed by atoms with E-state index in [-0.39, 0.29) is 11.5 Å². The Morgan fingerprint density at radius 1 is 1.08 bits per heavy atom. The van der Waals surface area contributed by atoms with E-state index in [0.29, 0.717) is 22.8 Å². The van der Waals surface area contributed by atoms with Gasteiger partial charge in [0.1, 0.15) is 5.76 Å². The molecule has 2 aromatic rings. The van der Waals surface area contributed by atoms with Crippen LogP contribution in [-0.4, -0.2) is 33.9 Å². The van der Waals surface area contributed by atoms with Crippen molar-refractivity contribution in [1.82, 2.24) is 15.3 Å². The fraction of sp³-hybridized carbons (Fsp3) is 0.250. The molecule has 0 atom stereocenters. The largest absolute Gasteiger partial charge is 0.507 e. The first-order valence-corrected chi connectivity index (χ1v) is 8.78. The first-order valence-electron chi connectivity index (χ1n) is 8.78. The number of hydrogen-bond donors (Lipinski definition) is 4. The fourth-order valence-electron chi connectivity index (χ4n) is 3.47. The van der Waals surface area contributed by atoms with Crippen LogP contribution in [0, 0.1) is 5.41 Å². The maximum atomic E-state index is 10.2. The number of aromatic nitrogens is 2. The van der Waals surface area contributed by atoms with Crippen molar-refractivity contribution < 1.29 is 5.11 Å². The molecule has 1 fully saturated rings. The second-order valence-corrected chi connectivity index (χ2v) is 6.62. The van der Waals surface area contributed by atoms with Gasteiger partial charge in [-0.2, -0.15) is 0 Å². The number of fused-ring (bicyclic) bond motifs is 1. The minimum Gasteiger partial charge on any atom is -0.507 e. The quantitative estimate of drug-likeness (QED) is 0.668. The van der Waals surface area contributed by atoms with E-state index in [2.05, 4.69) is 16.4 Å². The SMILES string of the molecule is N=C1C=C(O)C(c2ccc3nc(C4CCNCC4)ccc3n2)=C/C1=C/N. The lowest BCUT2D eigenvalue weighted by atomic mass is 9.94. The molecule has 0 saturated carbocycles. The monoisotopic (exact) mass is 347 g/mol. The normalized spacial score (nSPS) is 20.3. The van der Waals surface area contributed by atoms with Crippen LogP contribution in [0.4, 0.5) is 0 Å². The molecule has 2 aromatic heterocycles. The van der Waals surface area contributed by atoms with Crippen LogP contribution in [0.2, 0.25) is 0 Å². The average Bonchev–Trinajstić information content (AvgIpc) is 2.68. The van der Waals surface area contributed by atoms with Gasteiger partial charge in [-0.3, -0.25) is 4.98 Å². The Kier molecular flexibility index (Phi) is 4.26. The highest BCUT2D eigenvalue weighted by atomic mass is 16.3. The van der Waals surface area contributed by atoms with Gasteiger partial charge in [0.05, 0.1) is 22.4 Å². The van der Waals surface area contributed by atoms with Crippen molar-refractivity contribution in [1.29, 1.82) is 5.41 Å². The van der Waals surface area contributed by atoms with E-state index in [0.717, 1.165) is 42.7 Å². The highest BCUT2D eigenvalue weighted by Gasteiger charge is 2.19. The van der Waals surface area contributed by atoms with Crippen molar-refractivity contribution in [2.24, 2.45) is 5.73 Å². The highest BCUT2D eigenvalue weighted by Crippen LogP contribution is 2.29. The predicted octanol–water partition coefficient (Wildman–Crippen LogP) is 2.80. The van der Waals surface area contributed by atoms with Crippen LogP contribution in [0.25, 0.3) is 16.6 Å². The number of nitrogens with one attached hydrogen (secondary N) is 2. The van der Waals surface area contributed by atoms with Crippen LogP contribution in [0.1, 0.15) is 30.1 Å². The van der Waals surface area contributed by atoms with Crippen molar-refractivity contribution in [3.8, 4) is 0 Å². The molecule has 1 aliphatic carbocycles. The molecular formula is C20H21N5O. The van der Waals surface area contributed by atoms with Crippen molar-refractivity contribution in [2.45, 2.75) is 18.8 Å². The summed E-state index contributed by atoms with van der Waals surface area (Å²) in [6.07, 6.45) is 6.64. The standard InChI is InChI=1S/C20H21N5O/c21-11-13-9-14(20(26)10-15(13)22)17-2-4-18-19(25-17)3-1-16(24-18)12-5-7-23-8-6-12/h1-4,9-12,22-23,26H,5-8,21H2/b13-11-,22-15?. The van der Waals surface area contributed by atoms with Gasteiger partial charge in [0, 0.05) is 35.0 Å². The van der Waals surface area contributed by atoms with E-state index in [1.54, 1.807) is 6.08 Å². The number of piperidine rings is 1. The molecule has 26 heavy (non-hydrogen) atoms. The van der Waals surface area contributed by atoms with Crippen LogP contribution in [0.3, 0.4) is 0 Å². The molecule has 0 bridgehead atoms. The Morgan fingerprint density at radius 2 is 1.81 bits per heavy atom. The van der Waals surface area contributed by atoms with E-state index < -0.39 is 0 Å². The number of nitrogens with two attached hydrogens (primary N) is 1. The van der Waals surface area contributed by atoms with Gasteiger partial charge in [-0.25, -0.2) is 4.98 Å². The Hall–Kier alpha value is -2.99. The van der Waals surface area contributed by atoms with Gasteiger partial charge in [-0.1, -0.05) is 0 Å². The zero-order chi connectivity index (χ0) is 18.1. The zero-order valence-corrected chi connectivity index (χ0v) is 14.4. The van der Waals surface area contributed by atoms with Crippen LogP contribution in [-0.2, 0) is 0 Å². The minimum absolute atomic E-state index is 0.0201. The van der Waals surface area contributed by atoms with E-state index in [1.165, 1.54) is 12.3 Å². The Labute approximate surface area is 151 Å². The van der Waals surface area contributed by atoms with Gasteiger partial charge in [-0.15, -0.1) is 0 Å². The van der Waals surface area contributed by atoms with Gasteiger partial charge in [-0.05, 0) is 56.3 Å². The molecule has 132 valence electrons. The molecule has 0 spiro atoms. The molecule has 2 aliphatic rings.